The van der Waals surface area contributed by atoms with Crippen molar-refractivity contribution in [1.29, 1.82) is 0 Å². The molecule has 0 N–H and O–H groups in total. The minimum Gasteiger partial charge on any atom is -0.0573 e. The molecule has 0 atom stereocenters. The van der Waals surface area contributed by atoms with Crippen LogP contribution in [0.25, 0.3) is 11.1 Å². The molecule has 2 heteroatoms. The fraction of sp³-hybridized carbons (Fsp3) is 0.143. The maximum atomic E-state index is 3.56. The van der Waals surface area contributed by atoms with Gasteiger partial charge in [0.25, 0.3) is 0 Å². The van der Waals surface area contributed by atoms with Crippen LogP contribution in [0.4, 0.5) is 0 Å². The van der Waals surface area contributed by atoms with Gasteiger partial charge in [-0.1, -0.05) is 28.1 Å². The van der Waals surface area contributed by atoms with E-state index in [1.54, 1.807) is 0 Å². The normalized spacial score (nSPS) is 13.1. The van der Waals surface area contributed by atoms with Crippen molar-refractivity contribution in [2.75, 3.05) is 0 Å². The molecule has 0 fully saturated rings. The predicted molar refractivity (Wildman–Crippen MR) is 79.7 cm³/mol. The van der Waals surface area contributed by atoms with Crippen LogP contribution in [0.3, 0.4) is 0 Å². The van der Waals surface area contributed by atoms with Crippen molar-refractivity contribution in [3.05, 3.63) is 55.6 Å². The highest BCUT2D eigenvalue weighted by atomic mass is 127. The van der Waals surface area contributed by atoms with Crippen molar-refractivity contribution in [3.8, 4) is 11.1 Å². The number of hydrogen-bond acceptors (Lipinski definition) is 0. The first-order valence-electron chi connectivity index (χ1n) is 5.31. The van der Waals surface area contributed by atoms with E-state index in [0.717, 1.165) is 10.9 Å². The summed E-state index contributed by atoms with van der Waals surface area (Å²) in [6.07, 6.45) is 2.33. The van der Waals surface area contributed by atoms with Gasteiger partial charge in [-0.3, -0.25) is 0 Å². The fourth-order valence-corrected chi connectivity index (χ4v) is 3.24. The lowest BCUT2D eigenvalue weighted by atomic mass is 9.86. The zero-order chi connectivity index (χ0) is 11.1. The van der Waals surface area contributed by atoms with E-state index in [1.165, 1.54) is 32.2 Å². The van der Waals surface area contributed by atoms with Crippen molar-refractivity contribution in [3.63, 3.8) is 0 Å². The number of benzene rings is 2. The van der Waals surface area contributed by atoms with E-state index in [0.29, 0.717) is 0 Å². The summed E-state index contributed by atoms with van der Waals surface area (Å²) in [5, 5.41) is 0. The lowest BCUT2D eigenvalue weighted by Gasteiger charge is -2.20. The second-order valence-corrected chi connectivity index (χ2v) is 6.26. The Bertz CT molecular complexity index is 561. The minimum absolute atomic E-state index is 1.16. The summed E-state index contributed by atoms with van der Waals surface area (Å²) >= 11 is 5.94. The summed E-state index contributed by atoms with van der Waals surface area (Å²) in [6.45, 7) is 0. The average Bonchev–Trinajstić information content (AvgIpc) is 2.28. The number of aryl methyl sites for hydroxylation is 2. The lowest BCUT2D eigenvalue weighted by molar-refractivity contribution is 0.940. The van der Waals surface area contributed by atoms with Gasteiger partial charge < -0.3 is 0 Å². The molecule has 0 aromatic heterocycles. The molecule has 0 nitrogen and oxygen atoms in total. The van der Waals surface area contributed by atoms with Crippen LogP contribution in [0.1, 0.15) is 11.1 Å². The Morgan fingerprint density at radius 2 is 1.69 bits per heavy atom. The second-order valence-electron chi connectivity index (χ2n) is 4.10. The molecule has 0 radical (unpaired) electrons. The average molecular weight is 385 g/mol. The van der Waals surface area contributed by atoms with Crippen molar-refractivity contribution >= 4 is 38.5 Å². The highest BCUT2D eigenvalue weighted by Crippen LogP contribution is 2.35. The molecule has 0 unspecified atom stereocenters. The molecule has 0 saturated carbocycles. The molecule has 0 heterocycles. The van der Waals surface area contributed by atoms with Crippen molar-refractivity contribution in [2.24, 2.45) is 0 Å². The van der Waals surface area contributed by atoms with Crippen LogP contribution in [-0.2, 0) is 12.8 Å². The molecule has 16 heavy (non-hydrogen) atoms. The Labute approximate surface area is 117 Å². The van der Waals surface area contributed by atoms with Gasteiger partial charge in [0.05, 0.1) is 0 Å². The number of fused-ring (bicyclic) bond motifs is 3. The Hall–Kier alpha value is -0.350. The molecular formula is C14H10BrI. The van der Waals surface area contributed by atoms with Crippen LogP contribution >= 0.6 is 38.5 Å². The Morgan fingerprint density at radius 3 is 2.56 bits per heavy atom. The molecule has 1 aliphatic rings. The molecule has 0 bridgehead atoms. The predicted octanol–water partition coefficient (Wildman–Crippen LogP) is 4.82. The number of hydrogen-bond donors (Lipinski definition) is 0. The van der Waals surface area contributed by atoms with E-state index < -0.39 is 0 Å². The smallest absolute Gasteiger partial charge is 0.0181 e. The van der Waals surface area contributed by atoms with Crippen LogP contribution in [0.5, 0.6) is 0 Å². The first kappa shape index (κ1) is 10.8. The third kappa shape index (κ3) is 1.82. The van der Waals surface area contributed by atoms with E-state index in [2.05, 4.69) is 74.9 Å². The van der Waals surface area contributed by atoms with Gasteiger partial charge >= 0.3 is 0 Å². The molecule has 2 aromatic carbocycles. The molecule has 0 aliphatic heterocycles. The first-order valence-corrected chi connectivity index (χ1v) is 7.18. The standard InChI is InChI=1S/C14H10BrI/c15-11-4-3-9-1-2-10-7-12(16)5-6-13(10)14(9)8-11/h3-8H,1-2H2. The van der Waals surface area contributed by atoms with Crippen molar-refractivity contribution in [1.82, 2.24) is 0 Å². The topological polar surface area (TPSA) is 0 Å². The van der Waals surface area contributed by atoms with Gasteiger partial charge in [-0.15, -0.1) is 0 Å². The van der Waals surface area contributed by atoms with E-state index in [9.17, 15) is 0 Å². The summed E-state index contributed by atoms with van der Waals surface area (Å²) in [7, 11) is 0. The van der Waals surface area contributed by atoms with E-state index in [1.807, 2.05) is 0 Å². The molecule has 0 amide bonds. The van der Waals surface area contributed by atoms with Crippen LogP contribution in [0.15, 0.2) is 40.9 Å². The molecular weight excluding hydrogens is 375 g/mol. The van der Waals surface area contributed by atoms with Gasteiger partial charge in [-0.25, -0.2) is 0 Å². The Morgan fingerprint density at radius 1 is 0.875 bits per heavy atom. The van der Waals surface area contributed by atoms with Crippen molar-refractivity contribution in [2.45, 2.75) is 12.8 Å². The summed E-state index contributed by atoms with van der Waals surface area (Å²) in [5.41, 5.74) is 5.75. The van der Waals surface area contributed by atoms with Gasteiger partial charge in [0.15, 0.2) is 0 Å². The minimum atomic E-state index is 1.16. The molecule has 1 aliphatic carbocycles. The van der Waals surface area contributed by atoms with Gasteiger partial charge in [0.1, 0.15) is 0 Å². The highest BCUT2D eigenvalue weighted by molar-refractivity contribution is 14.1. The first-order chi connectivity index (χ1) is 7.74. The maximum absolute atomic E-state index is 3.56. The summed E-state index contributed by atoms with van der Waals surface area (Å²) in [5.74, 6) is 0. The number of halogens is 2. The van der Waals surface area contributed by atoms with Crippen LogP contribution < -0.4 is 0 Å². The molecule has 3 rings (SSSR count). The Kier molecular flexibility index (Phi) is 2.80. The van der Waals surface area contributed by atoms with Crippen molar-refractivity contribution < 1.29 is 0 Å². The molecule has 0 saturated heterocycles. The lowest BCUT2D eigenvalue weighted by Crippen LogP contribution is -2.04. The third-order valence-corrected chi connectivity index (χ3v) is 4.26. The van der Waals surface area contributed by atoms with Gasteiger partial charge in [0, 0.05) is 8.04 Å². The Balaban J connectivity index is 2.25. The SMILES string of the molecule is Brc1ccc2c(c1)-c1ccc(I)cc1CC2. The quantitative estimate of drug-likeness (QED) is 0.571. The fourth-order valence-electron chi connectivity index (χ4n) is 2.32. The highest BCUT2D eigenvalue weighted by Gasteiger charge is 2.15. The summed E-state index contributed by atoms with van der Waals surface area (Å²) in [6, 6.07) is 13.4. The maximum Gasteiger partial charge on any atom is 0.0181 e. The molecule has 80 valence electrons. The van der Waals surface area contributed by atoms with Gasteiger partial charge in [-0.2, -0.15) is 0 Å². The van der Waals surface area contributed by atoms with Gasteiger partial charge in [-0.05, 0) is 82.0 Å². The molecule has 2 aromatic rings. The molecule has 0 spiro atoms. The zero-order valence-corrected chi connectivity index (χ0v) is 12.4. The monoisotopic (exact) mass is 384 g/mol. The third-order valence-electron chi connectivity index (χ3n) is 3.09. The summed E-state index contributed by atoms with van der Waals surface area (Å²) in [4.78, 5) is 0. The van der Waals surface area contributed by atoms with Crippen LogP contribution in [0, 0.1) is 3.57 Å². The zero-order valence-electron chi connectivity index (χ0n) is 8.63. The summed E-state index contributed by atoms with van der Waals surface area (Å²) < 4.78 is 2.49. The van der Waals surface area contributed by atoms with Gasteiger partial charge in [0.2, 0.25) is 0 Å². The largest absolute Gasteiger partial charge is 0.0573 e. The van der Waals surface area contributed by atoms with Crippen LogP contribution in [0.2, 0.25) is 0 Å². The van der Waals surface area contributed by atoms with E-state index in [4.69, 9.17) is 0 Å². The van der Waals surface area contributed by atoms with Crippen LogP contribution in [-0.4, -0.2) is 0 Å². The van der Waals surface area contributed by atoms with E-state index >= 15 is 0 Å². The van der Waals surface area contributed by atoms with E-state index in [-0.39, 0.29) is 0 Å². The second kappa shape index (κ2) is 4.15. The number of rotatable bonds is 0.